The van der Waals surface area contributed by atoms with E-state index in [1.54, 1.807) is 6.20 Å². The fourth-order valence-corrected chi connectivity index (χ4v) is 2.48. The first-order valence-electron chi connectivity index (χ1n) is 8.31. The van der Waals surface area contributed by atoms with Crippen molar-refractivity contribution < 1.29 is 4.74 Å². The molecule has 1 N–H and O–H groups in total. The van der Waals surface area contributed by atoms with Crippen LogP contribution < -0.4 is 10.1 Å². The highest BCUT2D eigenvalue weighted by Crippen LogP contribution is 2.19. The first-order valence-corrected chi connectivity index (χ1v) is 8.31. The number of nitrogens with zero attached hydrogens (tertiary/aromatic N) is 1. The van der Waals surface area contributed by atoms with Gasteiger partial charge in [0.25, 0.3) is 0 Å². The zero-order valence-electron chi connectivity index (χ0n) is 13.7. The Bertz CT molecular complexity index is 712. The molecule has 0 bridgehead atoms. The molecule has 0 radical (unpaired) electrons. The van der Waals surface area contributed by atoms with Crippen LogP contribution in [-0.2, 0) is 6.54 Å². The van der Waals surface area contributed by atoms with Crippen molar-refractivity contribution in [2.45, 2.75) is 13.0 Å². The van der Waals surface area contributed by atoms with E-state index in [0.29, 0.717) is 12.5 Å². The van der Waals surface area contributed by atoms with Crippen molar-refractivity contribution in [3.8, 4) is 17.0 Å². The molecule has 0 aliphatic carbocycles. The molecule has 3 heteroatoms. The Labute approximate surface area is 143 Å². The Morgan fingerprint density at radius 1 is 0.792 bits per heavy atom. The second-order valence-electron chi connectivity index (χ2n) is 5.61. The predicted octanol–water partition coefficient (Wildman–Crippen LogP) is 4.31. The van der Waals surface area contributed by atoms with Gasteiger partial charge in [-0.25, -0.2) is 4.98 Å². The fourth-order valence-electron chi connectivity index (χ4n) is 2.48. The number of rotatable bonds is 8. The molecule has 0 spiro atoms. The Kier molecular flexibility index (Phi) is 5.98. The minimum Gasteiger partial charge on any atom is -0.478 e. The molecule has 1 heterocycles. The van der Waals surface area contributed by atoms with Crippen LogP contribution in [0.1, 0.15) is 12.0 Å². The van der Waals surface area contributed by atoms with Gasteiger partial charge in [0.1, 0.15) is 0 Å². The molecule has 0 amide bonds. The molecule has 0 saturated carbocycles. The largest absolute Gasteiger partial charge is 0.478 e. The van der Waals surface area contributed by atoms with E-state index in [0.717, 1.165) is 19.5 Å². The van der Waals surface area contributed by atoms with E-state index in [1.165, 1.54) is 16.7 Å². The van der Waals surface area contributed by atoms with Crippen LogP contribution in [0.5, 0.6) is 5.88 Å². The van der Waals surface area contributed by atoms with Gasteiger partial charge in [0.05, 0.1) is 6.61 Å². The van der Waals surface area contributed by atoms with E-state index in [4.69, 9.17) is 4.74 Å². The lowest BCUT2D eigenvalue weighted by atomic mass is 10.0. The maximum atomic E-state index is 5.57. The van der Waals surface area contributed by atoms with Crippen LogP contribution in [0.15, 0.2) is 79.0 Å². The normalized spacial score (nSPS) is 10.5. The van der Waals surface area contributed by atoms with Gasteiger partial charge >= 0.3 is 0 Å². The van der Waals surface area contributed by atoms with Crippen molar-refractivity contribution in [3.05, 3.63) is 84.6 Å². The van der Waals surface area contributed by atoms with Crippen molar-refractivity contribution in [1.82, 2.24) is 10.3 Å². The number of hydrogen-bond donors (Lipinski definition) is 1. The average Bonchev–Trinajstić information content (AvgIpc) is 2.67. The molecule has 3 rings (SSSR count). The zero-order valence-corrected chi connectivity index (χ0v) is 13.7. The molecule has 0 aliphatic rings. The Morgan fingerprint density at radius 3 is 2.29 bits per heavy atom. The minimum atomic E-state index is 0.678. The molecular weight excluding hydrogens is 296 g/mol. The topological polar surface area (TPSA) is 34.1 Å². The maximum absolute atomic E-state index is 5.57. The first kappa shape index (κ1) is 16.2. The molecule has 0 unspecified atom stereocenters. The summed E-state index contributed by atoms with van der Waals surface area (Å²) in [6, 6.07) is 24.9. The molecule has 0 atom stereocenters. The van der Waals surface area contributed by atoms with E-state index in [9.17, 15) is 0 Å². The monoisotopic (exact) mass is 318 g/mol. The molecule has 3 aromatic rings. The Balaban J connectivity index is 1.36. The second-order valence-corrected chi connectivity index (χ2v) is 5.61. The highest BCUT2D eigenvalue weighted by Gasteiger charge is 1.98. The summed E-state index contributed by atoms with van der Waals surface area (Å²) >= 11 is 0. The summed E-state index contributed by atoms with van der Waals surface area (Å²) < 4.78 is 5.57. The third kappa shape index (κ3) is 4.93. The molecular formula is C21H22N2O. The van der Waals surface area contributed by atoms with Crippen molar-refractivity contribution in [1.29, 1.82) is 0 Å². The van der Waals surface area contributed by atoms with Crippen LogP contribution in [0.2, 0.25) is 0 Å². The molecule has 24 heavy (non-hydrogen) atoms. The van der Waals surface area contributed by atoms with Crippen molar-refractivity contribution >= 4 is 0 Å². The zero-order chi connectivity index (χ0) is 16.5. The lowest BCUT2D eigenvalue weighted by Gasteiger charge is -2.07. The van der Waals surface area contributed by atoms with Crippen LogP contribution >= 0.6 is 0 Å². The van der Waals surface area contributed by atoms with Gasteiger partial charge in [0, 0.05) is 18.8 Å². The third-order valence-corrected chi connectivity index (χ3v) is 3.78. The summed E-state index contributed by atoms with van der Waals surface area (Å²) in [5.41, 5.74) is 3.80. The molecule has 0 fully saturated rings. The summed E-state index contributed by atoms with van der Waals surface area (Å²) in [5.74, 6) is 0.689. The van der Waals surface area contributed by atoms with Gasteiger partial charge in [-0.2, -0.15) is 0 Å². The highest BCUT2D eigenvalue weighted by molar-refractivity contribution is 5.63. The van der Waals surface area contributed by atoms with Crippen LogP contribution in [0.25, 0.3) is 11.1 Å². The quantitative estimate of drug-likeness (QED) is 0.629. The lowest BCUT2D eigenvalue weighted by molar-refractivity contribution is 0.296. The number of hydrogen-bond acceptors (Lipinski definition) is 3. The number of pyridine rings is 1. The standard InChI is InChI=1S/C21H22N2O/c1-2-7-19(8-3-1)20-12-10-18(11-13-20)17-22-14-6-16-24-21-9-4-5-15-23-21/h1-5,7-13,15,22H,6,14,16-17H2. The SMILES string of the molecule is c1ccc(-c2ccc(CNCCCOc3ccccn3)cc2)cc1. The molecule has 1 aromatic heterocycles. The Morgan fingerprint density at radius 2 is 1.54 bits per heavy atom. The van der Waals surface area contributed by atoms with E-state index in [2.05, 4.69) is 58.8 Å². The van der Waals surface area contributed by atoms with Crippen molar-refractivity contribution in [3.63, 3.8) is 0 Å². The van der Waals surface area contributed by atoms with E-state index >= 15 is 0 Å². The number of nitrogens with one attached hydrogen (secondary N) is 1. The average molecular weight is 318 g/mol. The van der Waals surface area contributed by atoms with E-state index < -0.39 is 0 Å². The van der Waals surface area contributed by atoms with E-state index in [1.807, 2.05) is 24.3 Å². The molecule has 3 nitrogen and oxygen atoms in total. The fraction of sp³-hybridized carbons (Fsp3) is 0.190. The van der Waals surface area contributed by atoms with Crippen LogP contribution in [-0.4, -0.2) is 18.1 Å². The summed E-state index contributed by atoms with van der Waals surface area (Å²) in [6.07, 6.45) is 2.70. The first-order chi connectivity index (χ1) is 11.9. The Hall–Kier alpha value is -2.65. The van der Waals surface area contributed by atoms with Crippen LogP contribution in [0, 0.1) is 0 Å². The van der Waals surface area contributed by atoms with Crippen LogP contribution in [0.4, 0.5) is 0 Å². The summed E-state index contributed by atoms with van der Waals surface area (Å²) in [4.78, 5) is 4.13. The van der Waals surface area contributed by atoms with Gasteiger partial charge in [0.15, 0.2) is 0 Å². The number of aromatic nitrogens is 1. The molecule has 122 valence electrons. The maximum Gasteiger partial charge on any atom is 0.213 e. The van der Waals surface area contributed by atoms with E-state index in [-0.39, 0.29) is 0 Å². The highest BCUT2D eigenvalue weighted by atomic mass is 16.5. The molecule has 0 saturated heterocycles. The van der Waals surface area contributed by atoms with Gasteiger partial charge in [-0.15, -0.1) is 0 Å². The predicted molar refractivity (Wildman–Crippen MR) is 97.9 cm³/mol. The van der Waals surface area contributed by atoms with Crippen molar-refractivity contribution in [2.24, 2.45) is 0 Å². The van der Waals surface area contributed by atoms with Gasteiger partial charge in [-0.05, 0) is 35.7 Å². The van der Waals surface area contributed by atoms with Gasteiger partial charge in [0.2, 0.25) is 5.88 Å². The molecule has 0 aliphatic heterocycles. The van der Waals surface area contributed by atoms with Gasteiger partial charge in [-0.3, -0.25) is 0 Å². The minimum absolute atomic E-state index is 0.678. The summed E-state index contributed by atoms with van der Waals surface area (Å²) in [7, 11) is 0. The number of ether oxygens (including phenoxy) is 1. The molecule has 2 aromatic carbocycles. The third-order valence-electron chi connectivity index (χ3n) is 3.78. The summed E-state index contributed by atoms with van der Waals surface area (Å²) in [5, 5.41) is 3.45. The summed E-state index contributed by atoms with van der Waals surface area (Å²) in [6.45, 7) is 2.48. The van der Waals surface area contributed by atoms with Crippen molar-refractivity contribution in [2.75, 3.05) is 13.2 Å². The second kappa shape index (κ2) is 8.85. The van der Waals surface area contributed by atoms with Crippen LogP contribution in [0.3, 0.4) is 0 Å². The lowest BCUT2D eigenvalue weighted by Crippen LogP contribution is -2.17. The van der Waals surface area contributed by atoms with Gasteiger partial charge < -0.3 is 10.1 Å². The van der Waals surface area contributed by atoms with Gasteiger partial charge in [-0.1, -0.05) is 60.7 Å². The smallest absolute Gasteiger partial charge is 0.213 e. The number of benzene rings is 2.